The number of hydrogen-bond acceptors (Lipinski definition) is 5. The van der Waals surface area contributed by atoms with Gasteiger partial charge in [0.25, 0.3) is 0 Å². The third-order valence-corrected chi connectivity index (χ3v) is 4.00. The molecule has 0 saturated heterocycles. The highest BCUT2D eigenvalue weighted by molar-refractivity contribution is 7.58. The van der Waals surface area contributed by atoms with Gasteiger partial charge in [-0.25, -0.2) is 4.79 Å². The molecule has 0 heterocycles. The van der Waals surface area contributed by atoms with Gasteiger partial charge in [-0.05, 0) is 5.56 Å². The summed E-state index contributed by atoms with van der Waals surface area (Å²) in [6, 6.07) is 9.16. The third-order valence-electron chi connectivity index (χ3n) is 2.27. The van der Waals surface area contributed by atoms with Gasteiger partial charge in [-0.15, -0.1) is 0 Å². The van der Waals surface area contributed by atoms with Crippen LogP contribution in [0.4, 0.5) is 4.79 Å². The van der Waals surface area contributed by atoms with E-state index in [-0.39, 0.29) is 12.0 Å². The van der Waals surface area contributed by atoms with Crippen LogP contribution in [0.15, 0.2) is 42.3 Å². The number of benzene rings is 1. The highest BCUT2D eigenvalue weighted by atomic mass is 31.2. The molecule has 0 aliphatic rings. The van der Waals surface area contributed by atoms with Crippen molar-refractivity contribution in [1.82, 2.24) is 5.32 Å². The molecule has 6 nitrogen and oxygen atoms in total. The second-order valence-electron chi connectivity index (χ2n) is 3.50. The molecule has 0 aliphatic heterocycles. The monoisotopic (exact) mass is 285 g/mol. The molecule has 0 aliphatic carbocycles. The molecule has 0 aromatic heterocycles. The van der Waals surface area contributed by atoms with Crippen LogP contribution in [0.2, 0.25) is 0 Å². The number of hydrogen-bond donors (Lipinski definition) is 1. The lowest BCUT2D eigenvalue weighted by Gasteiger charge is -2.16. The van der Waals surface area contributed by atoms with Crippen molar-refractivity contribution in [3.05, 3.63) is 47.9 Å². The van der Waals surface area contributed by atoms with Gasteiger partial charge in [0.15, 0.2) is 0 Å². The summed E-state index contributed by atoms with van der Waals surface area (Å²) >= 11 is 0. The van der Waals surface area contributed by atoms with Crippen molar-refractivity contribution in [1.29, 1.82) is 0 Å². The van der Waals surface area contributed by atoms with Gasteiger partial charge in [0.2, 0.25) is 0 Å². The van der Waals surface area contributed by atoms with Crippen molar-refractivity contribution in [3.63, 3.8) is 0 Å². The molecule has 19 heavy (non-hydrogen) atoms. The normalized spacial score (nSPS) is 10.8. The Hall–Kier alpha value is -1.62. The van der Waals surface area contributed by atoms with E-state index in [1.54, 1.807) is 0 Å². The molecule has 1 amide bonds. The third kappa shape index (κ3) is 4.52. The van der Waals surface area contributed by atoms with Gasteiger partial charge in [-0.1, -0.05) is 36.9 Å². The molecule has 0 unspecified atom stereocenters. The average Bonchev–Trinajstić information content (AvgIpc) is 2.45. The predicted octanol–water partition coefficient (Wildman–Crippen LogP) is 2.87. The number of ether oxygens (including phenoxy) is 1. The number of rotatable bonds is 6. The number of alkyl carbamates (subject to hydrolysis) is 1. The molecule has 1 rings (SSSR count). The van der Waals surface area contributed by atoms with Crippen LogP contribution >= 0.6 is 7.60 Å². The Balaban J connectivity index is 2.48. The zero-order valence-corrected chi connectivity index (χ0v) is 11.7. The lowest BCUT2D eigenvalue weighted by molar-refractivity contribution is 0.142. The first kappa shape index (κ1) is 15.4. The summed E-state index contributed by atoms with van der Waals surface area (Å²) in [7, 11) is -1.13. The predicted molar refractivity (Wildman–Crippen MR) is 70.5 cm³/mol. The first-order chi connectivity index (χ1) is 9.01. The van der Waals surface area contributed by atoms with Gasteiger partial charge in [-0.2, -0.15) is 0 Å². The van der Waals surface area contributed by atoms with Crippen LogP contribution in [0.25, 0.3) is 0 Å². The van der Waals surface area contributed by atoms with Crippen LogP contribution in [0.1, 0.15) is 5.56 Å². The maximum atomic E-state index is 11.8. The van der Waals surface area contributed by atoms with Gasteiger partial charge < -0.3 is 13.8 Å². The van der Waals surface area contributed by atoms with E-state index in [0.29, 0.717) is 0 Å². The minimum absolute atomic E-state index is 0.101. The fourth-order valence-corrected chi connectivity index (χ4v) is 2.06. The van der Waals surface area contributed by atoms with Crippen molar-refractivity contribution in [2.75, 3.05) is 14.2 Å². The zero-order valence-electron chi connectivity index (χ0n) is 10.8. The molecule has 0 bridgehead atoms. The number of carbonyl (C=O) groups excluding carboxylic acids is 1. The number of amides is 1. The molecule has 0 saturated carbocycles. The van der Waals surface area contributed by atoms with E-state index in [4.69, 9.17) is 4.74 Å². The average molecular weight is 285 g/mol. The van der Waals surface area contributed by atoms with Crippen LogP contribution in [0, 0.1) is 0 Å². The highest BCUT2D eigenvalue weighted by Gasteiger charge is 2.27. The van der Waals surface area contributed by atoms with Crippen molar-refractivity contribution < 1.29 is 23.1 Å². The second-order valence-corrected chi connectivity index (χ2v) is 5.76. The summed E-state index contributed by atoms with van der Waals surface area (Å²) in [5, 5.41) is 2.22. The van der Waals surface area contributed by atoms with Gasteiger partial charge in [0.1, 0.15) is 12.0 Å². The summed E-state index contributed by atoms with van der Waals surface area (Å²) in [4.78, 5) is 11.5. The van der Waals surface area contributed by atoms with Crippen LogP contribution in [0.3, 0.4) is 0 Å². The fourth-order valence-electron chi connectivity index (χ4n) is 1.24. The van der Waals surface area contributed by atoms with Crippen molar-refractivity contribution in [3.8, 4) is 0 Å². The molecule has 1 aromatic rings. The first-order valence-corrected chi connectivity index (χ1v) is 6.95. The zero-order chi connectivity index (χ0) is 14.3. The maximum absolute atomic E-state index is 11.8. The molecule has 1 aromatic carbocycles. The van der Waals surface area contributed by atoms with E-state index in [2.05, 4.69) is 20.9 Å². The molecule has 0 spiro atoms. The SMILES string of the molecule is C=C(NC(=O)OCc1ccccc1)P(=O)(OC)OC. The molecular weight excluding hydrogens is 269 g/mol. The lowest BCUT2D eigenvalue weighted by atomic mass is 10.2. The van der Waals surface area contributed by atoms with E-state index < -0.39 is 13.7 Å². The Morgan fingerprint density at radius 3 is 2.37 bits per heavy atom. The van der Waals surface area contributed by atoms with Crippen LogP contribution in [0.5, 0.6) is 0 Å². The van der Waals surface area contributed by atoms with E-state index in [0.717, 1.165) is 5.56 Å². The van der Waals surface area contributed by atoms with Gasteiger partial charge in [0, 0.05) is 14.2 Å². The smallest absolute Gasteiger partial charge is 0.412 e. The van der Waals surface area contributed by atoms with Crippen molar-refractivity contribution in [2.45, 2.75) is 6.61 Å². The molecule has 0 atom stereocenters. The van der Waals surface area contributed by atoms with Crippen molar-refractivity contribution >= 4 is 13.7 Å². The quantitative estimate of drug-likeness (QED) is 0.813. The topological polar surface area (TPSA) is 73.9 Å². The van der Waals surface area contributed by atoms with Gasteiger partial charge in [0.05, 0.1) is 0 Å². The minimum Gasteiger partial charge on any atom is -0.444 e. The Morgan fingerprint density at radius 1 is 1.26 bits per heavy atom. The summed E-state index contributed by atoms with van der Waals surface area (Å²) in [5.41, 5.74) is 0.667. The molecule has 0 fully saturated rings. The van der Waals surface area contributed by atoms with Gasteiger partial charge >= 0.3 is 13.7 Å². The summed E-state index contributed by atoms with van der Waals surface area (Å²) in [6.07, 6.45) is -0.775. The van der Waals surface area contributed by atoms with E-state index >= 15 is 0 Å². The molecule has 1 N–H and O–H groups in total. The van der Waals surface area contributed by atoms with Crippen LogP contribution in [-0.2, 0) is 25.0 Å². The molecule has 0 radical (unpaired) electrons. The fraction of sp³-hybridized carbons (Fsp3) is 0.250. The molecular formula is C12H16NO5P. The molecule has 7 heteroatoms. The Bertz CT molecular complexity index is 480. The Morgan fingerprint density at radius 2 is 1.84 bits per heavy atom. The summed E-state index contributed by atoms with van der Waals surface area (Å²) < 4.78 is 26.1. The largest absolute Gasteiger partial charge is 0.444 e. The van der Waals surface area contributed by atoms with Crippen LogP contribution < -0.4 is 5.32 Å². The van der Waals surface area contributed by atoms with Crippen LogP contribution in [-0.4, -0.2) is 20.3 Å². The van der Waals surface area contributed by atoms with Gasteiger partial charge in [-0.3, -0.25) is 9.88 Å². The maximum Gasteiger partial charge on any atom is 0.412 e. The van der Waals surface area contributed by atoms with E-state index in [1.807, 2.05) is 30.3 Å². The first-order valence-electron chi connectivity index (χ1n) is 5.40. The summed E-state index contributed by atoms with van der Waals surface area (Å²) in [5.74, 6) is 0. The van der Waals surface area contributed by atoms with E-state index in [9.17, 15) is 9.36 Å². The standard InChI is InChI=1S/C12H16NO5P/c1-10(19(15,16-2)17-3)13-12(14)18-9-11-7-5-4-6-8-11/h4-8H,1,9H2,2-3H3,(H,13,14). The second kappa shape index (κ2) is 7.09. The highest BCUT2D eigenvalue weighted by Crippen LogP contribution is 2.52. The molecule has 104 valence electrons. The van der Waals surface area contributed by atoms with Crippen molar-refractivity contribution in [2.24, 2.45) is 0 Å². The number of carbonyl (C=O) groups is 1. The van der Waals surface area contributed by atoms with E-state index in [1.165, 1.54) is 14.2 Å². The Kier molecular flexibility index (Phi) is 5.76. The lowest BCUT2D eigenvalue weighted by Crippen LogP contribution is -2.23. The number of nitrogens with one attached hydrogen (secondary N) is 1. The Labute approximate surface area is 111 Å². The minimum atomic E-state index is -3.53. The summed E-state index contributed by atoms with van der Waals surface area (Å²) in [6.45, 7) is 3.54.